The molecule has 138 valence electrons. The number of hydrogen-bond donors (Lipinski definition) is 1. The van der Waals surface area contributed by atoms with E-state index in [2.05, 4.69) is 38.2 Å². The second-order valence-electron chi connectivity index (χ2n) is 8.13. The minimum Gasteiger partial charge on any atom is -0.466 e. The van der Waals surface area contributed by atoms with Crippen molar-refractivity contribution in [2.45, 2.75) is 58.3 Å². The van der Waals surface area contributed by atoms with Gasteiger partial charge in [-0.2, -0.15) is 0 Å². The molecule has 1 aromatic carbocycles. The maximum Gasteiger partial charge on any atom is 0.336 e. The van der Waals surface area contributed by atoms with Gasteiger partial charge in [0.05, 0.1) is 12.7 Å². The van der Waals surface area contributed by atoms with Crippen molar-refractivity contribution in [3.8, 4) is 0 Å². The van der Waals surface area contributed by atoms with E-state index >= 15 is 0 Å². The molecule has 0 amide bonds. The number of esters is 1. The zero-order valence-electron chi connectivity index (χ0n) is 16.2. The number of methoxy groups -OCH3 is 1. The zero-order chi connectivity index (χ0) is 19.1. The summed E-state index contributed by atoms with van der Waals surface area (Å²) in [5.41, 5.74) is 5.22. The van der Waals surface area contributed by atoms with Crippen LogP contribution in [0.1, 0.15) is 64.0 Å². The number of dihydropyridines is 1. The summed E-state index contributed by atoms with van der Waals surface area (Å²) in [4.78, 5) is 25.2. The number of carbonyl (C=O) groups is 2. The highest BCUT2D eigenvalue weighted by Gasteiger charge is 2.38. The number of ether oxygens (including phenoxy) is 1. The lowest BCUT2D eigenvalue weighted by atomic mass is 9.74. The molecule has 0 saturated carbocycles. The van der Waals surface area contributed by atoms with Crippen molar-refractivity contribution < 1.29 is 14.3 Å². The molecule has 1 aliphatic carbocycles. The molecule has 0 bridgehead atoms. The van der Waals surface area contributed by atoms with Crippen molar-refractivity contribution in [2.75, 3.05) is 7.11 Å². The molecule has 4 nitrogen and oxygen atoms in total. The van der Waals surface area contributed by atoms with Crippen LogP contribution < -0.4 is 5.32 Å². The van der Waals surface area contributed by atoms with Crippen LogP contribution in [0.5, 0.6) is 0 Å². The average Bonchev–Trinajstić information content (AvgIpc) is 2.59. The molecule has 1 aromatic rings. The molecule has 1 aliphatic heterocycles. The van der Waals surface area contributed by atoms with Crippen LogP contribution in [-0.4, -0.2) is 18.9 Å². The van der Waals surface area contributed by atoms with Crippen LogP contribution in [0.15, 0.2) is 46.8 Å². The lowest BCUT2D eigenvalue weighted by molar-refractivity contribution is -0.136. The van der Waals surface area contributed by atoms with Crippen LogP contribution in [0.3, 0.4) is 0 Å². The molecule has 0 aromatic heterocycles. The molecule has 2 aliphatic rings. The highest BCUT2D eigenvalue weighted by atomic mass is 16.5. The molecule has 26 heavy (non-hydrogen) atoms. The Labute approximate surface area is 155 Å². The Morgan fingerprint density at radius 3 is 2.38 bits per heavy atom. The standard InChI is InChI=1S/C22H27NO3/c1-13-18(21(25)26-5)19(20-16(23-13)7-6-8-17(20)24)14-9-11-15(12-10-14)22(2,3)4/h9-12,19,23H,6-8H2,1-5H3/t19-/m0/s1. The Balaban J connectivity index is 2.14. The molecule has 1 N–H and O–H groups in total. The second-order valence-corrected chi connectivity index (χ2v) is 8.13. The van der Waals surface area contributed by atoms with Crippen molar-refractivity contribution in [3.05, 3.63) is 57.9 Å². The van der Waals surface area contributed by atoms with E-state index in [1.54, 1.807) is 0 Å². The first-order valence-corrected chi connectivity index (χ1v) is 9.17. The highest BCUT2D eigenvalue weighted by Crippen LogP contribution is 2.42. The molecule has 1 atom stereocenters. The fourth-order valence-electron chi connectivity index (χ4n) is 3.87. The average molecular weight is 353 g/mol. The van der Waals surface area contributed by atoms with E-state index in [0.29, 0.717) is 12.0 Å². The molecule has 0 unspecified atom stereocenters. The second kappa shape index (κ2) is 6.75. The van der Waals surface area contributed by atoms with Crippen LogP contribution in [0.2, 0.25) is 0 Å². The van der Waals surface area contributed by atoms with Crippen molar-refractivity contribution in [2.24, 2.45) is 0 Å². The summed E-state index contributed by atoms with van der Waals surface area (Å²) in [5.74, 6) is -0.622. The monoisotopic (exact) mass is 353 g/mol. The van der Waals surface area contributed by atoms with Crippen LogP contribution in [0.25, 0.3) is 0 Å². The van der Waals surface area contributed by atoms with Gasteiger partial charge in [0.1, 0.15) is 0 Å². The number of carbonyl (C=O) groups excluding carboxylic acids is 2. The topological polar surface area (TPSA) is 55.4 Å². The van der Waals surface area contributed by atoms with Gasteiger partial charge < -0.3 is 10.1 Å². The van der Waals surface area contributed by atoms with Crippen LogP contribution in [0, 0.1) is 0 Å². The van der Waals surface area contributed by atoms with Gasteiger partial charge in [0, 0.05) is 29.3 Å². The Kier molecular flexibility index (Phi) is 4.78. The molecule has 0 saturated heterocycles. The van der Waals surface area contributed by atoms with E-state index in [-0.39, 0.29) is 23.1 Å². The first-order valence-electron chi connectivity index (χ1n) is 9.17. The Morgan fingerprint density at radius 2 is 1.81 bits per heavy atom. The number of rotatable bonds is 2. The third-order valence-electron chi connectivity index (χ3n) is 5.29. The molecular weight excluding hydrogens is 326 g/mol. The molecule has 4 heteroatoms. The maximum atomic E-state index is 12.7. The first kappa shape index (κ1) is 18.4. The Morgan fingerprint density at radius 1 is 1.15 bits per heavy atom. The van der Waals surface area contributed by atoms with Gasteiger partial charge in [0.25, 0.3) is 0 Å². The summed E-state index contributed by atoms with van der Waals surface area (Å²) in [5, 5.41) is 3.29. The molecule has 0 spiro atoms. The third-order valence-corrected chi connectivity index (χ3v) is 5.29. The molecule has 3 rings (SSSR count). The number of hydrogen-bond acceptors (Lipinski definition) is 4. The van der Waals surface area contributed by atoms with Crippen molar-refractivity contribution in [1.82, 2.24) is 5.32 Å². The fraction of sp³-hybridized carbons (Fsp3) is 0.455. The highest BCUT2D eigenvalue weighted by molar-refractivity contribution is 6.03. The number of benzene rings is 1. The van der Waals surface area contributed by atoms with Gasteiger partial charge in [0.2, 0.25) is 0 Å². The van der Waals surface area contributed by atoms with Gasteiger partial charge >= 0.3 is 5.97 Å². The van der Waals surface area contributed by atoms with E-state index in [1.807, 2.05) is 19.1 Å². The van der Waals surface area contributed by atoms with Crippen molar-refractivity contribution in [3.63, 3.8) is 0 Å². The van der Waals surface area contributed by atoms with E-state index in [9.17, 15) is 9.59 Å². The third kappa shape index (κ3) is 3.20. The van der Waals surface area contributed by atoms with Crippen molar-refractivity contribution >= 4 is 11.8 Å². The van der Waals surface area contributed by atoms with Crippen molar-refractivity contribution in [1.29, 1.82) is 0 Å². The lowest BCUT2D eigenvalue weighted by Gasteiger charge is -2.34. The summed E-state index contributed by atoms with van der Waals surface area (Å²) in [6, 6.07) is 8.27. The minimum absolute atomic E-state index is 0.0503. The summed E-state index contributed by atoms with van der Waals surface area (Å²) in [6.07, 6.45) is 2.22. The molecule has 0 fully saturated rings. The largest absolute Gasteiger partial charge is 0.466 e. The van der Waals surface area contributed by atoms with Crippen LogP contribution in [-0.2, 0) is 19.7 Å². The number of allylic oxidation sites excluding steroid dienone is 3. The number of Topliss-reactive ketones (excluding diaryl/α,β-unsaturated/α-hetero) is 1. The van der Waals surface area contributed by atoms with Gasteiger partial charge in [-0.05, 0) is 36.3 Å². The van der Waals surface area contributed by atoms with E-state index in [1.165, 1.54) is 12.7 Å². The zero-order valence-corrected chi connectivity index (χ0v) is 16.2. The van der Waals surface area contributed by atoms with Gasteiger partial charge in [0.15, 0.2) is 5.78 Å². The summed E-state index contributed by atoms with van der Waals surface area (Å²) in [7, 11) is 1.38. The number of nitrogens with one attached hydrogen (secondary N) is 1. The summed E-state index contributed by atoms with van der Waals surface area (Å²) < 4.78 is 5.03. The molecule has 1 heterocycles. The number of ketones is 1. The minimum atomic E-state index is -0.384. The first-order chi connectivity index (χ1) is 12.2. The van der Waals surface area contributed by atoms with Crippen LogP contribution >= 0.6 is 0 Å². The Bertz CT molecular complexity index is 807. The predicted octanol–water partition coefficient (Wildman–Crippen LogP) is 4.13. The molecule has 0 radical (unpaired) electrons. The van der Waals surface area contributed by atoms with Gasteiger partial charge in [-0.3, -0.25) is 4.79 Å². The molecular formula is C22H27NO3. The Hall–Kier alpha value is -2.36. The maximum absolute atomic E-state index is 12.7. The predicted molar refractivity (Wildman–Crippen MR) is 102 cm³/mol. The summed E-state index contributed by atoms with van der Waals surface area (Å²) in [6.45, 7) is 8.39. The van der Waals surface area contributed by atoms with Gasteiger partial charge in [-0.1, -0.05) is 45.0 Å². The van der Waals surface area contributed by atoms with E-state index < -0.39 is 0 Å². The van der Waals surface area contributed by atoms with Gasteiger partial charge in [-0.15, -0.1) is 0 Å². The lowest BCUT2D eigenvalue weighted by Crippen LogP contribution is -2.34. The van der Waals surface area contributed by atoms with E-state index in [4.69, 9.17) is 4.74 Å². The normalized spacial score (nSPS) is 20.7. The SMILES string of the molecule is COC(=O)C1=C(C)NC2=C(C(=O)CCC2)[C@H]1c1ccc(C(C)(C)C)cc1. The van der Waals surface area contributed by atoms with Crippen LogP contribution in [0.4, 0.5) is 0 Å². The quantitative estimate of drug-likeness (QED) is 0.813. The fourth-order valence-corrected chi connectivity index (χ4v) is 3.87. The smallest absolute Gasteiger partial charge is 0.336 e. The summed E-state index contributed by atoms with van der Waals surface area (Å²) >= 11 is 0. The van der Waals surface area contributed by atoms with E-state index in [0.717, 1.165) is 35.4 Å². The van der Waals surface area contributed by atoms with Gasteiger partial charge in [-0.25, -0.2) is 4.79 Å².